The van der Waals surface area contributed by atoms with Crippen molar-refractivity contribution in [1.29, 1.82) is 0 Å². The third-order valence-electron chi connectivity index (χ3n) is 5.74. The van der Waals surface area contributed by atoms with Crippen molar-refractivity contribution in [3.8, 4) is 0 Å². The van der Waals surface area contributed by atoms with Gasteiger partial charge >= 0.3 is 12.2 Å². The number of aromatic nitrogens is 1. The third-order valence-corrected chi connectivity index (χ3v) is 6.50. The Bertz CT molecular complexity index is 1040. The lowest BCUT2D eigenvalue weighted by molar-refractivity contribution is -0.137. The highest BCUT2D eigenvalue weighted by Gasteiger charge is 2.31. The topological polar surface area (TPSA) is 48.5 Å². The maximum atomic E-state index is 13.2. The number of nitrogens with one attached hydrogen (secondary N) is 1. The van der Waals surface area contributed by atoms with Crippen molar-refractivity contribution >= 4 is 23.1 Å². The van der Waals surface area contributed by atoms with E-state index < -0.39 is 17.8 Å². The quantitative estimate of drug-likeness (QED) is 0.487. The molecule has 0 radical (unpaired) electrons. The standard InChI is InChI=1S/C24H25F3N4OS/c25-24(26,27)19-7-4-8-20(15-19)29-23(32)31(16-18-5-2-1-3-6-18)21-9-12-30(13-10-21)17-22-28-11-14-33-22/h1-8,11,14-15,21H,9-10,12-13,16-17H2,(H,29,32). The van der Waals surface area contributed by atoms with Crippen molar-refractivity contribution < 1.29 is 18.0 Å². The van der Waals surface area contributed by atoms with Crippen LogP contribution in [0.2, 0.25) is 0 Å². The maximum absolute atomic E-state index is 13.2. The van der Waals surface area contributed by atoms with Crippen molar-refractivity contribution in [3.63, 3.8) is 0 Å². The second-order valence-electron chi connectivity index (χ2n) is 8.06. The molecule has 3 aromatic rings. The Labute approximate surface area is 194 Å². The van der Waals surface area contributed by atoms with Gasteiger partial charge in [0.2, 0.25) is 0 Å². The van der Waals surface area contributed by atoms with Crippen LogP contribution in [0.15, 0.2) is 66.2 Å². The average Bonchev–Trinajstić information content (AvgIpc) is 3.31. The molecule has 0 aliphatic carbocycles. The Morgan fingerprint density at radius 1 is 1.12 bits per heavy atom. The number of carbonyl (C=O) groups excluding carboxylic acids is 1. The van der Waals surface area contributed by atoms with Crippen LogP contribution < -0.4 is 5.32 Å². The van der Waals surface area contributed by atoms with Gasteiger partial charge in [0.25, 0.3) is 0 Å². The normalized spacial score (nSPS) is 15.4. The van der Waals surface area contributed by atoms with E-state index in [1.165, 1.54) is 12.1 Å². The first-order valence-electron chi connectivity index (χ1n) is 10.8. The Hall–Kier alpha value is -2.91. The molecule has 0 spiro atoms. The molecular weight excluding hydrogens is 449 g/mol. The molecular formula is C24H25F3N4OS. The molecule has 1 fully saturated rings. The number of hydrogen-bond donors (Lipinski definition) is 1. The number of halogens is 3. The van der Waals surface area contributed by atoms with Gasteiger partial charge in [-0.15, -0.1) is 11.3 Å². The van der Waals surface area contributed by atoms with Crippen LogP contribution in [0, 0.1) is 0 Å². The monoisotopic (exact) mass is 474 g/mol. The summed E-state index contributed by atoms with van der Waals surface area (Å²) in [7, 11) is 0. The van der Waals surface area contributed by atoms with Crippen LogP contribution in [-0.2, 0) is 19.3 Å². The van der Waals surface area contributed by atoms with Gasteiger partial charge in [-0.25, -0.2) is 9.78 Å². The number of benzene rings is 2. The van der Waals surface area contributed by atoms with E-state index in [1.807, 2.05) is 35.7 Å². The number of hydrogen-bond acceptors (Lipinski definition) is 4. The molecule has 1 saturated heterocycles. The summed E-state index contributed by atoms with van der Waals surface area (Å²) in [5.41, 5.74) is 0.321. The largest absolute Gasteiger partial charge is 0.416 e. The fraction of sp³-hybridized carbons (Fsp3) is 0.333. The summed E-state index contributed by atoms with van der Waals surface area (Å²) in [5, 5.41) is 5.71. The van der Waals surface area contributed by atoms with Crippen LogP contribution >= 0.6 is 11.3 Å². The summed E-state index contributed by atoms with van der Waals surface area (Å²) < 4.78 is 39.2. The summed E-state index contributed by atoms with van der Waals surface area (Å²) in [6, 6.07) is 14.0. The van der Waals surface area contributed by atoms with E-state index in [4.69, 9.17) is 0 Å². The molecule has 0 atom stereocenters. The van der Waals surface area contributed by atoms with Crippen LogP contribution in [0.1, 0.15) is 29.0 Å². The van der Waals surface area contributed by atoms with Gasteiger partial charge in [-0.1, -0.05) is 36.4 Å². The first kappa shape index (κ1) is 23.3. The average molecular weight is 475 g/mol. The number of nitrogens with zero attached hydrogens (tertiary/aromatic N) is 3. The van der Waals surface area contributed by atoms with Gasteiger partial charge < -0.3 is 10.2 Å². The maximum Gasteiger partial charge on any atom is 0.416 e. The molecule has 1 N–H and O–H groups in total. The minimum absolute atomic E-state index is 0.0106. The van der Waals surface area contributed by atoms with E-state index in [2.05, 4.69) is 15.2 Å². The molecule has 174 valence electrons. The number of amides is 2. The van der Waals surface area contributed by atoms with E-state index >= 15 is 0 Å². The van der Waals surface area contributed by atoms with Crippen LogP contribution in [-0.4, -0.2) is 39.9 Å². The molecule has 9 heteroatoms. The van der Waals surface area contributed by atoms with E-state index in [-0.39, 0.29) is 11.7 Å². The van der Waals surface area contributed by atoms with Gasteiger partial charge in [0.15, 0.2) is 0 Å². The second kappa shape index (κ2) is 10.4. The Balaban J connectivity index is 1.46. The number of likely N-dealkylation sites (tertiary alicyclic amines) is 1. The van der Waals surface area contributed by atoms with Gasteiger partial charge in [0, 0.05) is 42.9 Å². The van der Waals surface area contributed by atoms with E-state index in [9.17, 15) is 18.0 Å². The molecule has 1 aliphatic heterocycles. The van der Waals surface area contributed by atoms with Crippen molar-refractivity contribution in [2.45, 2.75) is 38.1 Å². The van der Waals surface area contributed by atoms with Crippen molar-refractivity contribution in [1.82, 2.24) is 14.8 Å². The third kappa shape index (κ3) is 6.33. The van der Waals surface area contributed by atoms with Crippen LogP contribution in [0.3, 0.4) is 0 Å². The molecule has 0 saturated carbocycles. The second-order valence-corrected chi connectivity index (χ2v) is 9.03. The molecule has 2 amide bonds. The number of thiazole rings is 1. The summed E-state index contributed by atoms with van der Waals surface area (Å²) in [5.74, 6) is 0. The highest BCUT2D eigenvalue weighted by atomic mass is 32.1. The number of urea groups is 1. The minimum atomic E-state index is -4.46. The predicted molar refractivity (Wildman–Crippen MR) is 123 cm³/mol. The lowest BCUT2D eigenvalue weighted by Gasteiger charge is -2.38. The van der Waals surface area contributed by atoms with Crippen molar-refractivity contribution in [3.05, 3.63) is 82.3 Å². The van der Waals surface area contributed by atoms with Crippen LogP contribution in [0.25, 0.3) is 0 Å². The zero-order chi connectivity index (χ0) is 23.3. The predicted octanol–water partition coefficient (Wildman–Crippen LogP) is 5.86. The molecule has 1 aliphatic rings. The number of anilines is 1. The fourth-order valence-corrected chi connectivity index (χ4v) is 4.68. The molecule has 0 unspecified atom stereocenters. The lowest BCUT2D eigenvalue weighted by Crippen LogP contribution is -2.48. The summed E-state index contributed by atoms with van der Waals surface area (Å²) >= 11 is 1.63. The minimum Gasteiger partial charge on any atom is -0.317 e. The number of rotatable bonds is 6. The highest BCUT2D eigenvalue weighted by molar-refractivity contribution is 7.09. The van der Waals surface area contributed by atoms with Crippen LogP contribution in [0.4, 0.5) is 23.7 Å². The molecule has 0 bridgehead atoms. The first-order valence-corrected chi connectivity index (χ1v) is 11.7. The SMILES string of the molecule is O=C(Nc1cccc(C(F)(F)F)c1)N(Cc1ccccc1)C1CCN(Cc2nccs2)CC1. The molecule has 33 heavy (non-hydrogen) atoms. The van der Waals surface area contributed by atoms with Gasteiger partial charge in [0.05, 0.1) is 12.1 Å². The van der Waals surface area contributed by atoms with E-state index in [0.717, 1.165) is 55.2 Å². The van der Waals surface area contributed by atoms with Gasteiger partial charge in [-0.05, 0) is 36.6 Å². The number of piperidine rings is 1. The molecule has 5 nitrogen and oxygen atoms in total. The zero-order valence-corrected chi connectivity index (χ0v) is 18.8. The van der Waals surface area contributed by atoms with Gasteiger partial charge in [-0.2, -0.15) is 13.2 Å². The fourth-order valence-electron chi connectivity index (χ4n) is 4.03. The summed E-state index contributed by atoms with van der Waals surface area (Å²) in [6.45, 7) is 2.83. The summed E-state index contributed by atoms with van der Waals surface area (Å²) in [6.07, 6.45) is -1.09. The first-order chi connectivity index (χ1) is 15.9. The molecule has 2 aromatic carbocycles. The molecule has 1 aromatic heterocycles. The van der Waals surface area contributed by atoms with E-state index in [1.54, 1.807) is 22.4 Å². The zero-order valence-electron chi connectivity index (χ0n) is 18.0. The van der Waals surface area contributed by atoms with E-state index in [0.29, 0.717) is 6.54 Å². The highest BCUT2D eigenvalue weighted by Crippen LogP contribution is 2.31. The van der Waals surface area contributed by atoms with Crippen molar-refractivity contribution in [2.24, 2.45) is 0 Å². The lowest BCUT2D eigenvalue weighted by atomic mass is 10.0. The van der Waals surface area contributed by atoms with Gasteiger partial charge in [0.1, 0.15) is 5.01 Å². The van der Waals surface area contributed by atoms with Crippen LogP contribution in [0.5, 0.6) is 0 Å². The number of alkyl halides is 3. The molecule has 4 rings (SSSR count). The molecule has 2 heterocycles. The van der Waals surface area contributed by atoms with Gasteiger partial charge in [-0.3, -0.25) is 4.90 Å². The Morgan fingerprint density at radius 2 is 1.88 bits per heavy atom. The Morgan fingerprint density at radius 3 is 2.55 bits per heavy atom. The smallest absolute Gasteiger partial charge is 0.317 e. The summed E-state index contributed by atoms with van der Waals surface area (Å²) in [4.78, 5) is 21.6. The van der Waals surface area contributed by atoms with Crippen molar-refractivity contribution in [2.75, 3.05) is 18.4 Å². The Kier molecular flexibility index (Phi) is 7.29. The number of carbonyl (C=O) groups is 1.